The summed E-state index contributed by atoms with van der Waals surface area (Å²) in [6, 6.07) is 0. The number of unbranched alkanes of at least 4 members (excludes halogenated alkanes) is 1. The Morgan fingerprint density at radius 3 is 2.64 bits per heavy atom. The van der Waals surface area contributed by atoms with E-state index in [-0.39, 0.29) is 12.1 Å². The van der Waals surface area contributed by atoms with E-state index in [4.69, 9.17) is 4.74 Å². The second-order valence-electron chi connectivity index (χ2n) is 8.69. The molecule has 120 valence electrons. The number of hydrogen-bond donors (Lipinski definition) is 0. The molecular weight excluding hydrogens is 272 g/mol. The van der Waals surface area contributed by atoms with E-state index in [1.54, 1.807) is 6.42 Å². The fourth-order valence-corrected chi connectivity index (χ4v) is 7.05. The standard InChI is InChI=1S/C20H28O2/c21-18-8-7-16(22-18)4-2-1-3-12-9-15-11-17(12)20-14-6-5-13(10-14)19(15)20/h5-6,12-17,19-20H,1-4,7-11H2. The van der Waals surface area contributed by atoms with Crippen LogP contribution in [0.2, 0.25) is 0 Å². The Labute approximate surface area is 133 Å². The lowest BCUT2D eigenvalue weighted by Gasteiger charge is -2.36. The van der Waals surface area contributed by atoms with Crippen molar-refractivity contribution in [1.82, 2.24) is 0 Å². The number of fused-ring (bicyclic) bond motifs is 9. The average molecular weight is 300 g/mol. The summed E-state index contributed by atoms with van der Waals surface area (Å²) in [5.74, 6) is 7.21. The third-order valence-electron chi connectivity index (χ3n) is 7.73. The average Bonchev–Trinajstić information content (AvgIpc) is 3.28. The summed E-state index contributed by atoms with van der Waals surface area (Å²) >= 11 is 0. The second kappa shape index (κ2) is 5.11. The highest BCUT2D eigenvalue weighted by Gasteiger charge is 2.60. The monoisotopic (exact) mass is 300 g/mol. The van der Waals surface area contributed by atoms with Crippen molar-refractivity contribution in [2.24, 2.45) is 41.4 Å². The van der Waals surface area contributed by atoms with Crippen LogP contribution in [-0.2, 0) is 9.53 Å². The van der Waals surface area contributed by atoms with Crippen molar-refractivity contribution >= 4 is 5.97 Å². The minimum absolute atomic E-state index is 0.0217. The van der Waals surface area contributed by atoms with Gasteiger partial charge in [0.25, 0.3) is 0 Å². The predicted octanol–water partition coefficient (Wildman–Crippen LogP) is 4.35. The zero-order valence-electron chi connectivity index (χ0n) is 13.5. The normalized spacial score (nSPS) is 50.8. The van der Waals surface area contributed by atoms with Crippen LogP contribution in [0.25, 0.3) is 0 Å². The minimum atomic E-state index is 0.0217. The maximum Gasteiger partial charge on any atom is 0.306 e. The second-order valence-corrected chi connectivity index (χ2v) is 8.69. The topological polar surface area (TPSA) is 26.3 Å². The highest BCUT2D eigenvalue weighted by atomic mass is 16.5. The lowest BCUT2D eigenvalue weighted by molar-refractivity contribution is -0.141. The third-order valence-corrected chi connectivity index (χ3v) is 7.73. The molecule has 2 nitrogen and oxygen atoms in total. The number of hydrogen-bond acceptors (Lipinski definition) is 2. The largest absolute Gasteiger partial charge is 0.462 e. The van der Waals surface area contributed by atoms with Crippen LogP contribution in [0.1, 0.15) is 57.8 Å². The first-order valence-electron chi connectivity index (χ1n) is 9.67. The van der Waals surface area contributed by atoms with Gasteiger partial charge in [0, 0.05) is 6.42 Å². The van der Waals surface area contributed by atoms with Gasteiger partial charge in [-0.3, -0.25) is 4.79 Å². The number of cyclic esters (lactones) is 1. The molecule has 8 unspecified atom stereocenters. The predicted molar refractivity (Wildman–Crippen MR) is 85.0 cm³/mol. The Kier molecular flexibility index (Phi) is 3.16. The molecule has 0 aromatic heterocycles. The molecule has 0 radical (unpaired) electrons. The molecule has 1 heterocycles. The number of carbonyl (C=O) groups excluding carboxylic acids is 1. The van der Waals surface area contributed by atoms with Crippen molar-refractivity contribution in [3.8, 4) is 0 Å². The quantitative estimate of drug-likeness (QED) is 0.327. The highest BCUT2D eigenvalue weighted by Crippen LogP contribution is 2.67. The van der Waals surface area contributed by atoms with Gasteiger partial charge in [0.1, 0.15) is 6.10 Å². The van der Waals surface area contributed by atoms with Gasteiger partial charge in [0.2, 0.25) is 0 Å². The lowest BCUT2D eigenvalue weighted by Crippen LogP contribution is -2.30. The Hall–Kier alpha value is -0.790. The summed E-state index contributed by atoms with van der Waals surface area (Å²) in [6.07, 6.45) is 16.7. The molecule has 8 atom stereocenters. The van der Waals surface area contributed by atoms with Gasteiger partial charge in [-0.15, -0.1) is 0 Å². The SMILES string of the molecule is O=C1CCC(CCCCC2CC3CC2C2C4C=CC(C4)C32)O1. The van der Waals surface area contributed by atoms with E-state index in [9.17, 15) is 4.79 Å². The van der Waals surface area contributed by atoms with Gasteiger partial charge >= 0.3 is 5.97 Å². The van der Waals surface area contributed by atoms with Crippen LogP contribution in [0, 0.1) is 41.4 Å². The van der Waals surface area contributed by atoms with Crippen LogP contribution in [0.4, 0.5) is 0 Å². The van der Waals surface area contributed by atoms with Crippen LogP contribution in [0.5, 0.6) is 0 Å². The van der Waals surface area contributed by atoms with E-state index < -0.39 is 0 Å². The van der Waals surface area contributed by atoms with Crippen LogP contribution in [0.3, 0.4) is 0 Å². The van der Waals surface area contributed by atoms with Crippen LogP contribution in [-0.4, -0.2) is 12.1 Å². The van der Waals surface area contributed by atoms with Crippen molar-refractivity contribution in [2.45, 2.75) is 63.9 Å². The van der Waals surface area contributed by atoms with E-state index in [2.05, 4.69) is 12.2 Å². The molecule has 0 amide bonds. The fourth-order valence-electron chi connectivity index (χ4n) is 7.05. The van der Waals surface area contributed by atoms with E-state index in [0.717, 1.165) is 54.3 Å². The van der Waals surface area contributed by atoms with Crippen LogP contribution >= 0.6 is 0 Å². The first-order valence-corrected chi connectivity index (χ1v) is 9.67. The van der Waals surface area contributed by atoms with Crippen molar-refractivity contribution < 1.29 is 9.53 Å². The Balaban J connectivity index is 1.11. The van der Waals surface area contributed by atoms with Crippen LogP contribution in [0.15, 0.2) is 12.2 Å². The first kappa shape index (κ1) is 13.6. The molecular formula is C20H28O2. The van der Waals surface area contributed by atoms with Crippen molar-refractivity contribution in [1.29, 1.82) is 0 Å². The number of allylic oxidation sites excluding steroid dienone is 2. The molecule has 4 fully saturated rings. The van der Waals surface area contributed by atoms with E-state index in [1.807, 2.05) is 0 Å². The van der Waals surface area contributed by atoms with E-state index in [0.29, 0.717) is 6.42 Å². The van der Waals surface area contributed by atoms with Crippen molar-refractivity contribution in [3.63, 3.8) is 0 Å². The van der Waals surface area contributed by atoms with E-state index in [1.165, 1.54) is 32.1 Å². The van der Waals surface area contributed by atoms with Gasteiger partial charge in [-0.2, -0.15) is 0 Å². The first-order chi connectivity index (χ1) is 10.8. The zero-order chi connectivity index (χ0) is 14.7. The van der Waals surface area contributed by atoms with Gasteiger partial charge in [0.05, 0.1) is 0 Å². The molecule has 22 heavy (non-hydrogen) atoms. The Morgan fingerprint density at radius 1 is 1.00 bits per heavy atom. The number of rotatable bonds is 5. The summed E-state index contributed by atoms with van der Waals surface area (Å²) in [5, 5.41) is 0. The molecule has 1 aliphatic heterocycles. The molecule has 0 aromatic carbocycles. The van der Waals surface area contributed by atoms with Gasteiger partial charge in [-0.25, -0.2) is 0 Å². The summed E-state index contributed by atoms with van der Waals surface area (Å²) in [7, 11) is 0. The number of carbonyl (C=O) groups is 1. The molecule has 2 heteroatoms. The molecule has 4 bridgehead atoms. The van der Waals surface area contributed by atoms with Gasteiger partial charge < -0.3 is 4.74 Å². The summed E-state index contributed by atoms with van der Waals surface area (Å²) in [4.78, 5) is 11.1. The summed E-state index contributed by atoms with van der Waals surface area (Å²) < 4.78 is 5.33. The van der Waals surface area contributed by atoms with Crippen molar-refractivity contribution in [2.75, 3.05) is 0 Å². The Morgan fingerprint density at radius 2 is 1.82 bits per heavy atom. The fraction of sp³-hybridized carbons (Fsp3) is 0.850. The molecule has 0 aromatic rings. The number of ether oxygens (including phenoxy) is 1. The zero-order valence-corrected chi connectivity index (χ0v) is 13.5. The van der Waals surface area contributed by atoms with Crippen molar-refractivity contribution in [3.05, 3.63) is 12.2 Å². The minimum Gasteiger partial charge on any atom is -0.462 e. The molecule has 5 aliphatic rings. The molecule has 0 spiro atoms. The third kappa shape index (κ3) is 2.02. The Bertz CT molecular complexity index is 496. The molecule has 3 saturated carbocycles. The highest BCUT2D eigenvalue weighted by molar-refractivity contribution is 5.71. The lowest BCUT2D eigenvalue weighted by atomic mass is 9.68. The van der Waals surface area contributed by atoms with Crippen LogP contribution < -0.4 is 0 Å². The maximum atomic E-state index is 11.1. The van der Waals surface area contributed by atoms with Gasteiger partial charge in [0.15, 0.2) is 0 Å². The smallest absolute Gasteiger partial charge is 0.306 e. The molecule has 4 aliphatic carbocycles. The number of esters is 1. The molecule has 0 N–H and O–H groups in total. The molecule has 5 rings (SSSR count). The van der Waals surface area contributed by atoms with Gasteiger partial charge in [-0.05, 0) is 80.0 Å². The van der Waals surface area contributed by atoms with Gasteiger partial charge in [-0.1, -0.05) is 25.0 Å². The van der Waals surface area contributed by atoms with E-state index >= 15 is 0 Å². The summed E-state index contributed by atoms with van der Waals surface area (Å²) in [5.41, 5.74) is 0. The maximum absolute atomic E-state index is 11.1. The molecule has 1 saturated heterocycles. The summed E-state index contributed by atoms with van der Waals surface area (Å²) in [6.45, 7) is 0.